The summed E-state index contributed by atoms with van der Waals surface area (Å²) in [5.41, 5.74) is 10.5. The van der Waals surface area contributed by atoms with Gasteiger partial charge in [0, 0.05) is 48.4 Å². The quantitative estimate of drug-likeness (QED) is 0.276. The third-order valence-electron chi connectivity index (χ3n) is 5.58. The number of nitrogens with two attached hydrogens (primary N) is 1. The zero-order valence-corrected chi connectivity index (χ0v) is 18.0. The van der Waals surface area contributed by atoms with E-state index >= 15 is 0 Å². The van der Waals surface area contributed by atoms with Gasteiger partial charge in [0.2, 0.25) is 0 Å². The van der Waals surface area contributed by atoms with Gasteiger partial charge in [-0.3, -0.25) is 10.1 Å². The Morgan fingerprint density at radius 1 is 1.16 bits per heavy atom. The molecule has 2 N–H and O–H groups in total. The average Bonchev–Trinajstić information content (AvgIpc) is 3.24. The standard InChI is InChI=1S/C23H21N5O3S/c24-19-6-3-16(12-20(19)28(29)30)18-14-32-21-13-25-22(26-23(18)21)11-15-1-4-17(5-2-15)27-7-9-31-10-8-27/h1-6,12-14H,7-11,24H2. The summed E-state index contributed by atoms with van der Waals surface area (Å²) in [5.74, 6) is 0.709. The summed E-state index contributed by atoms with van der Waals surface area (Å²) in [6.45, 7) is 3.33. The fourth-order valence-electron chi connectivity index (χ4n) is 3.85. The first-order valence-electron chi connectivity index (χ1n) is 10.3. The molecule has 162 valence electrons. The lowest BCUT2D eigenvalue weighted by Crippen LogP contribution is -2.36. The summed E-state index contributed by atoms with van der Waals surface area (Å²) < 4.78 is 6.36. The number of fused-ring (bicyclic) bond motifs is 1. The molecule has 1 aliphatic heterocycles. The number of thiophene rings is 1. The van der Waals surface area contributed by atoms with Crippen molar-refractivity contribution in [2.45, 2.75) is 6.42 Å². The van der Waals surface area contributed by atoms with Crippen molar-refractivity contribution in [3.8, 4) is 11.1 Å². The van der Waals surface area contributed by atoms with Crippen LogP contribution >= 0.6 is 11.3 Å². The van der Waals surface area contributed by atoms with E-state index in [4.69, 9.17) is 15.5 Å². The number of ether oxygens (including phenoxy) is 1. The number of nitro benzene ring substituents is 1. The van der Waals surface area contributed by atoms with Crippen LogP contribution in [0.4, 0.5) is 17.1 Å². The number of nitro groups is 1. The Morgan fingerprint density at radius 3 is 2.69 bits per heavy atom. The van der Waals surface area contributed by atoms with E-state index in [9.17, 15) is 10.1 Å². The molecule has 8 nitrogen and oxygen atoms in total. The van der Waals surface area contributed by atoms with E-state index in [2.05, 4.69) is 34.1 Å². The minimum Gasteiger partial charge on any atom is -0.393 e. The van der Waals surface area contributed by atoms with Gasteiger partial charge in [-0.2, -0.15) is 0 Å². The number of hydrogen-bond donors (Lipinski definition) is 1. The number of anilines is 2. The van der Waals surface area contributed by atoms with Crippen molar-refractivity contribution in [2.75, 3.05) is 36.9 Å². The van der Waals surface area contributed by atoms with Crippen molar-refractivity contribution in [3.63, 3.8) is 0 Å². The van der Waals surface area contributed by atoms with Gasteiger partial charge in [-0.1, -0.05) is 18.2 Å². The van der Waals surface area contributed by atoms with Gasteiger partial charge in [0.15, 0.2) is 0 Å². The molecule has 5 rings (SSSR count). The Kier molecular flexibility index (Phi) is 5.42. The van der Waals surface area contributed by atoms with Crippen LogP contribution in [0.1, 0.15) is 11.4 Å². The molecule has 2 aromatic carbocycles. The van der Waals surface area contributed by atoms with E-state index in [0.717, 1.165) is 53.2 Å². The second-order valence-electron chi connectivity index (χ2n) is 7.62. The Morgan fingerprint density at radius 2 is 1.94 bits per heavy atom. The molecule has 4 aromatic rings. The number of hydrogen-bond acceptors (Lipinski definition) is 8. The first-order valence-corrected chi connectivity index (χ1v) is 11.2. The number of nitrogens with zero attached hydrogens (tertiary/aromatic N) is 4. The van der Waals surface area contributed by atoms with Gasteiger partial charge in [0.05, 0.1) is 28.4 Å². The Hall–Kier alpha value is -3.56. The second-order valence-corrected chi connectivity index (χ2v) is 8.53. The van der Waals surface area contributed by atoms with Crippen LogP contribution in [0, 0.1) is 10.1 Å². The molecule has 0 radical (unpaired) electrons. The molecule has 0 atom stereocenters. The average molecular weight is 448 g/mol. The number of nitrogen functional groups attached to an aromatic ring is 1. The van der Waals surface area contributed by atoms with Gasteiger partial charge in [-0.05, 0) is 29.3 Å². The van der Waals surface area contributed by atoms with Crippen LogP contribution in [0.2, 0.25) is 0 Å². The number of morpholine rings is 1. The summed E-state index contributed by atoms with van der Waals surface area (Å²) in [6, 6.07) is 13.3. The summed E-state index contributed by atoms with van der Waals surface area (Å²) in [6.07, 6.45) is 2.43. The zero-order chi connectivity index (χ0) is 22.1. The third-order valence-corrected chi connectivity index (χ3v) is 6.48. The molecule has 0 saturated carbocycles. The lowest BCUT2D eigenvalue weighted by molar-refractivity contribution is -0.383. The van der Waals surface area contributed by atoms with Crippen LogP contribution in [0.5, 0.6) is 0 Å². The topological polar surface area (TPSA) is 107 Å². The molecular formula is C23H21N5O3S. The largest absolute Gasteiger partial charge is 0.393 e. The molecule has 9 heteroatoms. The van der Waals surface area contributed by atoms with E-state index in [1.807, 2.05) is 11.6 Å². The lowest BCUT2D eigenvalue weighted by Gasteiger charge is -2.28. The number of rotatable bonds is 5. The van der Waals surface area contributed by atoms with Crippen LogP contribution in [-0.2, 0) is 11.2 Å². The molecule has 0 bridgehead atoms. The summed E-state index contributed by atoms with van der Waals surface area (Å²) >= 11 is 1.52. The van der Waals surface area contributed by atoms with E-state index in [1.54, 1.807) is 12.1 Å². The van der Waals surface area contributed by atoms with Crippen LogP contribution in [0.15, 0.2) is 54.0 Å². The maximum Gasteiger partial charge on any atom is 0.292 e. The van der Waals surface area contributed by atoms with Crippen LogP contribution in [0.25, 0.3) is 21.3 Å². The molecule has 1 fully saturated rings. The highest BCUT2D eigenvalue weighted by Crippen LogP contribution is 2.35. The van der Waals surface area contributed by atoms with Crippen LogP contribution in [0.3, 0.4) is 0 Å². The van der Waals surface area contributed by atoms with Gasteiger partial charge < -0.3 is 15.4 Å². The van der Waals surface area contributed by atoms with Crippen molar-refractivity contribution in [3.05, 3.63) is 75.5 Å². The molecule has 0 spiro atoms. The van der Waals surface area contributed by atoms with Crippen molar-refractivity contribution in [2.24, 2.45) is 0 Å². The molecule has 1 saturated heterocycles. The van der Waals surface area contributed by atoms with Gasteiger partial charge in [-0.25, -0.2) is 9.97 Å². The minimum atomic E-state index is -0.464. The first-order chi connectivity index (χ1) is 15.6. The molecular weight excluding hydrogens is 426 g/mol. The molecule has 1 aliphatic rings. The van der Waals surface area contributed by atoms with Crippen LogP contribution in [-0.4, -0.2) is 41.2 Å². The fraction of sp³-hybridized carbons (Fsp3) is 0.217. The van der Waals surface area contributed by atoms with E-state index in [-0.39, 0.29) is 11.4 Å². The van der Waals surface area contributed by atoms with E-state index in [0.29, 0.717) is 12.2 Å². The molecule has 0 aliphatic carbocycles. The van der Waals surface area contributed by atoms with Gasteiger partial charge in [0.25, 0.3) is 5.69 Å². The SMILES string of the molecule is Nc1ccc(-c2csc3cnc(Cc4ccc(N5CCOCC5)cc4)nc23)cc1[N+](=O)[O-]. The highest BCUT2D eigenvalue weighted by molar-refractivity contribution is 7.17. The minimum absolute atomic E-state index is 0.100. The normalized spacial score (nSPS) is 14.1. The lowest BCUT2D eigenvalue weighted by atomic mass is 10.1. The van der Waals surface area contributed by atoms with E-state index < -0.39 is 4.92 Å². The van der Waals surface area contributed by atoms with Gasteiger partial charge in [0.1, 0.15) is 11.5 Å². The Balaban J connectivity index is 1.41. The van der Waals surface area contributed by atoms with Crippen LogP contribution < -0.4 is 10.6 Å². The summed E-state index contributed by atoms with van der Waals surface area (Å²) in [5, 5.41) is 13.2. The molecule has 3 heterocycles. The molecule has 0 amide bonds. The second kappa shape index (κ2) is 8.52. The first kappa shape index (κ1) is 20.3. The van der Waals surface area contributed by atoms with Crippen molar-refractivity contribution < 1.29 is 9.66 Å². The monoisotopic (exact) mass is 447 g/mol. The highest BCUT2D eigenvalue weighted by Gasteiger charge is 2.16. The van der Waals surface area contributed by atoms with Crippen molar-refractivity contribution in [1.29, 1.82) is 0 Å². The number of benzene rings is 2. The molecule has 0 unspecified atom stereocenters. The number of aromatic nitrogens is 2. The Labute approximate surface area is 188 Å². The van der Waals surface area contributed by atoms with Crippen molar-refractivity contribution >= 4 is 38.6 Å². The Bertz CT molecular complexity index is 1280. The molecule has 32 heavy (non-hydrogen) atoms. The predicted molar refractivity (Wildman–Crippen MR) is 126 cm³/mol. The maximum atomic E-state index is 11.3. The third kappa shape index (κ3) is 4.00. The summed E-state index contributed by atoms with van der Waals surface area (Å²) in [4.78, 5) is 22.5. The van der Waals surface area contributed by atoms with E-state index in [1.165, 1.54) is 23.1 Å². The predicted octanol–water partition coefficient (Wildman–Crippen LogP) is 4.28. The maximum absolute atomic E-state index is 11.3. The zero-order valence-electron chi connectivity index (χ0n) is 17.2. The molecule has 2 aromatic heterocycles. The van der Waals surface area contributed by atoms with Gasteiger partial charge >= 0.3 is 0 Å². The van der Waals surface area contributed by atoms with Crippen molar-refractivity contribution in [1.82, 2.24) is 9.97 Å². The highest BCUT2D eigenvalue weighted by atomic mass is 32.1. The van der Waals surface area contributed by atoms with Gasteiger partial charge in [-0.15, -0.1) is 11.3 Å². The smallest absolute Gasteiger partial charge is 0.292 e. The summed E-state index contributed by atoms with van der Waals surface area (Å²) in [7, 11) is 0. The fourth-order valence-corrected chi connectivity index (χ4v) is 4.73.